The molecule has 0 aromatic heterocycles. The Balaban J connectivity index is 2.30. The van der Waals surface area contributed by atoms with E-state index >= 15 is 0 Å². The van der Waals surface area contributed by atoms with Crippen LogP contribution in [0.1, 0.15) is 33.3 Å². The van der Waals surface area contributed by atoms with Crippen molar-refractivity contribution >= 4 is 17.7 Å². The van der Waals surface area contributed by atoms with Gasteiger partial charge in [0.25, 0.3) is 0 Å². The number of hydrogen-bond donors (Lipinski definition) is 1. The second kappa shape index (κ2) is 9.11. The third-order valence-corrected chi connectivity index (χ3v) is 4.65. The standard InChI is InChI=1S/C17H28N2OS/c1-13(2)19(14(3)4)11-10-18-17(20)12-21-16-9-7-6-8-15(16)5/h6-9,13-14H,10-12H2,1-5H3,(H,18,20). The molecule has 0 aliphatic rings. The normalized spacial score (nSPS) is 11.4. The quantitative estimate of drug-likeness (QED) is 0.748. The van der Waals surface area contributed by atoms with Gasteiger partial charge in [-0.3, -0.25) is 9.69 Å². The van der Waals surface area contributed by atoms with E-state index in [9.17, 15) is 4.79 Å². The summed E-state index contributed by atoms with van der Waals surface area (Å²) in [6.07, 6.45) is 0. The summed E-state index contributed by atoms with van der Waals surface area (Å²) >= 11 is 1.60. The van der Waals surface area contributed by atoms with Gasteiger partial charge in [-0.2, -0.15) is 0 Å². The summed E-state index contributed by atoms with van der Waals surface area (Å²) in [5.41, 5.74) is 1.22. The number of thioether (sulfide) groups is 1. The van der Waals surface area contributed by atoms with Crippen molar-refractivity contribution in [2.24, 2.45) is 0 Å². The summed E-state index contributed by atoms with van der Waals surface area (Å²) in [5.74, 6) is 0.588. The number of carbonyl (C=O) groups is 1. The van der Waals surface area contributed by atoms with E-state index in [2.05, 4.69) is 57.0 Å². The van der Waals surface area contributed by atoms with Crippen LogP contribution in [0.15, 0.2) is 29.2 Å². The summed E-state index contributed by atoms with van der Waals surface area (Å²) in [7, 11) is 0. The molecule has 0 saturated heterocycles. The summed E-state index contributed by atoms with van der Waals surface area (Å²) in [4.78, 5) is 15.5. The highest BCUT2D eigenvalue weighted by atomic mass is 32.2. The molecule has 0 aliphatic carbocycles. The van der Waals surface area contributed by atoms with Gasteiger partial charge in [-0.15, -0.1) is 11.8 Å². The molecule has 4 heteroatoms. The molecule has 3 nitrogen and oxygen atoms in total. The van der Waals surface area contributed by atoms with Crippen LogP contribution in [-0.2, 0) is 4.79 Å². The third kappa shape index (κ3) is 6.53. The lowest BCUT2D eigenvalue weighted by Crippen LogP contribution is -2.42. The minimum atomic E-state index is 0.107. The Kier molecular flexibility index (Phi) is 7.83. The zero-order valence-corrected chi connectivity index (χ0v) is 14.7. The average molecular weight is 308 g/mol. The van der Waals surface area contributed by atoms with Crippen LogP contribution in [0.2, 0.25) is 0 Å². The fraction of sp³-hybridized carbons (Fsp3) is 0.588. The maximum absolute atomic E-state index is 11.9. The Hall–Kier alpha value is -1.00. The lowest BCUT2D eigenvalue weighted by atomic mass is 10.2. The van der Waals surface area contributed by atoms with Gasteiger partial charge < -0.3 is 5.32 Å². The Morgan fingerprint density at radius 2 is 1.81 bits per heavy atom. The molecule has 1 aromatic carbocycles. The average Bonchev–Trinajstić information content (AvgIpc) is 2.41. The summed E-state index contributed by atoms with van der Waals surface area (Å²) in [6, 6.07) is 9.17. The third-order valence-electron chi connectivity index (χ3n) is 3.47. The number of hydrogen-bond acceptors (Lipinski definition) is 3. The van der Waals surface area contributed by atoms with Crippen molar-refractivity contribution in [3.63, 3.8) is 0 Å². The van der Waals surface area contributed by atoms with E-state index in [-0.39, 0.29) is 5.91 Å². The molecule has 1 N–H and O–H groups in total. The molecule has 0 radical (unpaired) electrons. The first kappa shape index (κ1) is 18.1. The molecule has 0 unspecified atom stereocenters. The van der Waals surface area contributed by atoms with E-state index in [0.29, 0.717) is 24.4 Å². The Morgan fingerprint density at radius 1 is 1.19 bits per heavy atom. The molecule has 0 fully saturated rings. The van der Waals surface area contributed by atoms with E-state index in [0.717, 1.165) is 6.54 Å². The van der Waals surface area contributed by atoms with Gasteiger partial charge in [0.1, 0.15) is 0 Å². The van der Waals surface area contributed by atoms with Crippen LogP contribution >= 0.6 is 11.8 Å². The largest absolute Gasteiger partial charge is 0.354 e. The predicted octanol–water partition coefficient (Wildman–Crippen LogP) is 3.32. The molecule has 0 atom stereocenters. The van der Waals surface area contributed by atoms with Crippen molar-refractivity contribution in [2.75, 3.05) is 18.8 Å². The zero-order chi connectivity index (χ0) is 15.8. The minimum Gasteiger partial charge on any atom is -0.354 e. The van der Waals surface area contributed by atoms with Gasteiger partial charge in [0.2, 0.25) is 5.91 Å². The lowest BCUT2D eigenvalue weighted by Gasteiger charge is -2.30. The summed E-state index contributed by atoms with van der Waals surface area (Å²) < 4.78 is 0. The van der Waals surface area contributed by atoms with Crippen LogP contribution in [0, 0.1) is 6.92 Å². The van der Waals surface area contributed by atoms with Crippen LogP contribution in [0.4, 0.5) is 0 Å². The van der Waals surface area contributed by atoms with E-state index in [4.69, 9.17) is 0 Å². The molecule has 0 saturated carbocycles. The molecule has 118 valence electrons. The fourth-order valence-corrected chi connectivity index (χ4v) is 3.21. The second-order valence-electron chi connectivity index (χ2n) is 5.83. The lowest BCUT2D eigenvalue weighted by molar-refractivity contribution is -0.118. The van der Waals surface area contributed by atoms with Gasteiger partial charge in [0.15, 0.2) is 0 Å². The van der Waals surface area contributed by atoms with Gasteiger partial charge in [0, 0.05) is 30.1 Å². The van der Waals surface area contributed by atoms with E-state index in [1.807, 2.05) is 12.1 Å². The molecular weight excluding hydrogens is 280 g/mol. The Labute approximate surface area is 133 Å². The van der Waals surface area contributed by atoms with Crippen molar-refractivity contribution in [3.05, 3.63) is 29.8 Å². The van der Waals surface area contributed by atoms with Gasteiger partial charge in [-0.25, -0.2) is 0 Å². The van der Waals surface area contributed by atoms with Crippen LogP contribution < -0.4 is 5.32 Å². The number of rotatable bonds is 8. The van der Waals surface area contributed by atoms with Gasteiger partial charge >= 0.3 is 0 Å². The summed E-state index contributed by atoms with van der Waals surface area (Å²) in [6.45, 7) is 12.4. The zero-order valence-electron chi connectivity index (χ0n) is 13.8. The van der Waals surface area contributed by atoms with Gasteiger partial charge in [-0.1, -0.05) is 18.2 Å². The maximum Gasteiger partial charge on any atom is 0.230 e. The van der Waals surface area contributed by atoms with Gasteiger partial charge in [-0.05, 0) is 46.2 Å². The highest BCUT2D eigenvalue weighted by Gasteiger charge is 2.13. The molecule has 0 heterocycles. The number of amides is 1. The molecule has 1 rings (SSSR count). The first-order chi connectivity index (χ1) is 9.91. The van der Waals surface area contributed by atoms with E-state index in [1.165, 1.54) is 10.5 Å². The SMILES string of the molecule is Cc1ccccc1SCC(=O)NCCN(C(C)C)C(C)C. The Morgan fingerprint density at radius 3 is 2.38 bits per heavy atom. The van der Waals surface area contributed by atoms with Crippen LogP contribution in [0.5, 0.6) is 0 Å². The summed E-state index contributed by atoms with van der Waals surface area (Å²) in [5, 5.41) is 3.01. The van der Waals surface area contributed by atoms with E-state index < -0.39 is 0 Å². The monoisotopic (exact) mass is 308 g/mol. The predicted molar refractivity (Wildman–Crippen MR) is 91.9 cm³/mol. The van der Waals surface area contributed by atoms with Crippen molar-refractivity contribution < 1.29 is 4.79 Å². The van der Waals surface area contributed by atoms with Crippen molar-refractivity contribution in [1.82, 2.24) is 10.2 Å². The molecular formula is C17H28N2OS. The van der Waals surface area contributed by atoms with Gasteiger partial charge in [0.05, 0.1) is 5.75 Å². The molecule has 21 heavy (non-hydrogen) atoms. The number of aryl methyl sites for hydroxylation is 1. The van der Waals surface area contributed by atoms with Crippen molar-refractivity contribution in [2.45, 2.75) is 51.6 Å². The smallest absolute Gasteiger partial charge is 0.230 e. The number of carbonyl (C=O) groups excluding carboxylic acids is 1. The molecule has 0 spiro atoms. The first-order valence-electron chi connectivity index (χ1n) is 7.62. The van der Waals surface area contributed by atoms with Crippen molar-refractivity contribution in [1.29, 1.82) is 0 Å². The van der Waals surface area contributed by atoms with E-state index in [1.54, 1.807) is 11.8 Å². The molecule has 1 amide bonds. The maximum atomic E-state index is 11.9. The fourth-order valence-electron chi connectivity index (χ4n) is 2.35. The van der Waals surface area contributed by atoms with Crippen LogP contribution in [0.3, 0.4) is 0 Å². The highest BCUT2D eigenvalue weighted by Crippen LogP contribution is 2.21. The molecule has 1 aromatic rings. The topological polar surface area (TPSA) is 32.3 Å². The van der Waals surface area contributed by atoms with Crippen molar-refractivity contribution in [3.8, 4) is 0 Å². The number of nitrogens with one attached hydrogen (secondary N) is 1. The second-order valence-corrected chi connectivity index (χ2v) is 6.85. The minimum absolute atomic E-state index is 0.107. The first-order valence-corrected chi connectivity index (χ1v) is 8.61. The number of benzene rings is 1. The van der Waals surface area contributed by atoms with Crippen LogP contribution in [-0.4, -0.2) is 41.7 Å². The number of nitrogens with zero attached hydrogens (tertiary/aromatic N) is 1. The molecule has 0 bridgehead atoms. The van der Waals surface area contributed by atoms with Crippen LogP contribution in [0.25, 0.3) is 0 Å². The molecule has 0 aliphatic heterocycles. The Bertz CT molecular complexity index is 438. The highest BCUT2D eigenvalue weighted by molar-refractivity contribution is 8.00.